The van der Waals surface area contributed by atoms with Crippen molar-refractivity contribution in [3.05, 3.63) is 53.6 Å². The molecular weight excluding hydrogens is 396 g/mol. The molecule has 0 unspecified atom stereocenters. The Balaban J connectivity index is 1.69. The zero-order valence-corrected chi connectivity index (χ0v) is 16.2. The Bertz CT molecular complexity index is 865. The molecule has 2 aromatic carbocycles. The maximum atomic E-state index is 12.5. The number of methoxy groups -OCH3 is 1. The highest BCUT2D eigenvalue weighted by atomic mass is 16.7. The van der Waals surface area contributed by atoms with Crippen LogP contribution in [0.4, 0.5) is 0 Å². The summed E-state index contributed by atoms with van der Waals surface area (Å²) in [4.78, 5) is 12.5. The Hall–Kier alpha value is -2.69. The number of ketones is 1. The fourth-order valence-corrected chi connectivity index (χ4v) is 3.14. The Labute approximate surface area is 172 Å². The standard InChI is InChI=1S/C21H24O9/c1-28-12-4-2-11(3-5-12)8-15(23)14-7-6-13(9-16(14)24)29-21-20(27)19(26)18(25)17(10-22)30-21/h2-7,9,17-22,24-27H,8,10H2,1H3/t17-,18-,19-,20+,21-/m1/s1. The van der Waals surface area contributed by atoms with Crippen molar-refractivity contribution in [3.63, 3.8) is 0 Å². The topological polar surface area (TPSA) is 146 Å². The number of aromatic hydroxyl groups is 1. The number of aliphatic hydroxyl groups is 4. The number of carbonyl (C=O) groups excluding carboxylic acids is 1. The number of rotatable bonds is 7. The van der Waals surface area contributed by atoms with Crippen molar-refractivity contribution in [1.82, 2.24) is 0 Å². The van der Waals surface area contributed by atoms with Crippen molar-refractivity contribution in [2.75, 3.05) is 13.7 Å². The summed E-state index contributed by atoms with van der Waals surface area (Å²) in [6.45, 7) is -0.588. The van der Waals surface area contributed by atoms with E-state index in [1.807, 2.05) is 0 Å². The van der Waals surface area contributed by atoms with Gasteiger partial charge in [-0.25, -0.2) is 0 Å². The molecule has 0 radical (unpaired) electrons. The molecular formula is C21H24O9. The Morgan fingerprint density at radius 2 is 1.67 bits per heavy atom. The molecule has 0 saturated carbocycles. The number of Topliss-reactive ketones (excluding diaryl/α,β-unsaturated/α-hetero) is 1. The third kappa shape index (κ3) is 4.72. The number of hydrogen-bond acceptors (Lipinski definition) is 9. The lowest BCUT2D eigenvalue weighted by molar-refractivity contribution is -0.277. The molecule has 0 aliphatic carbocycles. The minimum Gasteiger partial charge on any atom is -0.507 e. The molecule has 2 aromatic rings. The van der Waals surface area contributed by atoms with Crippen LogP contribution < -0.4 is 9.47 Å². The van der Waals surface area contributed by atoms with Gasteiger partial charge in [0.1, 0.15) is 41.7 Å². The highest BCUT2D eigenvalue weighted by Crippen LogP contribution is 2.29. The number of ether oxygens (including phenoxy) is 3. The fourth-order valence-electron chi connectivity index (χ4n) is 3.14. The fraction of sp³-hybridized carbons (Fsp3) is 0.381. The normalized spacial score (nSPS) is 26.2. The molecule has 1 saturated heterocycles. The molecule has 0 amide bonds. The third-order valence-electron chi connectivity index (χ3n) is 4.89. The van der Waals surface area contributed by atoms with Gasteiger partial charge in [0.25, 0.3) is 0 Å². The van der Waals surface area contributed by atoms with E-state index in [9.17, 15) is 30.3 Å². The summed E-state index contributed by atoms with van der Waals surface area (Å²) in [7, 11) is 1.55. The van der Waals surface area contributed by atoms with E-state index in [-0.39, 0.29) is 29.3 Å². The molecule has 9 nitrogen and oxygen atoms in total. The number of hydrogen-bond donors (Lipinski definition) is 5. The van der Waals surface area contributed by atoms with Gasteiger partial charge in [-0.3, -0.25) is 4.79 Å². The molecule has 9 heteroatoms. The van der Waals surface area contributed by atoms with Crippen LogP contribution in [0.1, 0.15) is 15.9 Å². The van der Waals surface area contributed by atoms with E-state index < -0.39 is 37.3 Å². The first-order valence-electron chi connectivity index (χ1n) is 9.30. The summed E-state index contributed by atoms with van der Waals surface area (Å²) in [6.07, 6.45) is -7.10. The first-order chi connectivity index (χ1) is 14.3. The summed E-state index contributed by atoms with van der Waals surface area (Å²) >= 11 is 0. The van der Waals surface area contributed by atoms with Crippen LogP contribution >= 0.6 is 0 Å². The first-order valence-corrected chi connectivity index (χ1v) is 9.30. The van der Waals surface area contributed by atoms with Gasteiger partial charge >= 0.3 is 0 Å². The van der Waals surface area contributed by atoms with Crippen LogP contribution in [0, 0.1) is 0 Å². The quantitative estimate of drug-likeness (QED) is 0.391. The number of carbonyl (C=O) groups is 1. The van der Waals surface area contributed by atoms with Crippen LogP contribution in [0.25, 0.3) is 0 Å². The third-order valence-corrected chi connectivity index (χ3v) is 4.89. The van der Waals surface area contributed by atoms with Crippen LogP contribution in [0.3, 0.4) is 0 Å². The van der Waals surface area contributed by atoms with E-state index in [2.05, 4.69) is 0 Å². The highest BCUT2D eigenvalue weighted by molar-refractivity contribution is 6.00. The lowest BCUT2D eigenvalue weighted by Crippen LogP contribution is -2.60. The number of benzene rings is 2. The van der Waals surface area contributed by atoms with Gasteiger partial charge in [0.2, 0.25) is 6.29 Å². The van der Waals surface area contributed by atoms with Crippen molar-refractivity contribution in [3.8, 4) is 17.2 Å². The predicted octanol–water partition coefficient (Wildman–Crippen LogP) is 0.00490. The average molecular weight is 420 g/mol. The molecule has 1 heterocycles. The van der Waals surface area contributed by atoms with Crippen LogP contribution in [0.2, 0.25) is 0 Å². The van der Waals surface area contributed by atoms with Gasteiger partial charge in [0, 0.05) is 12.5 Å². The van der Waals surface area contributed by atoms with Gasteiger partial charge in [-0.05, 0) is 29.8 Å². The van der Waals surface area contributed by atoms with E-state index in [4.69, 9.17) is 14.2 Å². The SMILES string of the molecule is COc1ccc(CC(=O)c2ccc(O[C@@H]3O[C@H](CO)[C@@H](O)[C@@H](O)[C@@H]3O)cc2O)cc1. The lowest BCUT2D eigenvalue weighted by Gasteiger charge is -2.39. The smallest absolute Gasteiger partial charge is 0.229 e. The second kappa shape index (κ2) is 9.41. The van der Waals surface area contributed by atoms with E-state index in [0.29, 0.717) is 5.75 Å². The minimum absolute atomic E-state index is 0.0674. The Morgan fingerprint density at radius 3 is 2.27 bits per heavy atom. The monoisotopic (exact) mass is 420 g/mol. The number of phenols is 1. The molecule has 1 fully saturated rings. The maximum absolute atomic E-state index is 12.5. The highest BCUT2D eigenvalue weighted by Gasteiger charge is 2.44. The van der Waals surface area contributed by atoms with Crippen molar-refractivity contribution in [2.45, 2.75) is 37.1 Å². The number of aliphatic hydroxyl groups excluding tert-OH is 4. The van der Waals surface area contributed by atoms with E-state index in [1.54, 1.807) is 31.4 Å². The van der Waals surface area contributed by atoms with Gasteiger partial charge in [-0.15, -0.1) is 0 Å². The summed E-state index contributed by atoms with van der Waals surface area (Å²) in [6, 6.07) is 10.9. The zero-order valence-electron chi connectivity index (χ0n) is 16.2. The van der Waals surface area contributed by atoms with Crippen molar-refractivity contribution in [1.29, 1.82) is 0 Å². The molecule has 1 aliphatic rings. The molecule has 0 aromatic heterocycles. The summed E-state index contributed by atoms with van der Waals surface area (Å²) < 4.78 is 15.8. The van der Waals surface area contributed by atoms with Crippen molar-refractivity contribution in [2.24, 2.45) is 0 Å². The molecule has 0 bridgehead atoms. The molecule has 1 aliphatic heterocycles. The van der Waals surface area contributed by atoms with Gasteiger partial charge < -0.3 is 39.7 Å². The summed E-state index contributed by atoms with van der Waals surface area (Å²) in [5.74, 6) is 0.106. The molecule has 30 heavy (non-hydrogen) atoms. The predicted molar refractivity (Wildman–Crippen MR) is 104 cm³/mol. The van der Waals surface area contributed by atoms with Gasteiger partial charge in [-0.1, -0.05) is 12.1 Å². The van der Waals surface area contributed by atoms with Crippen LogP contribution in [0.15, 0.2) is 42.5 Å². The molecule has 0 spiro atoms. The van der Waals surface area contributed by atoms with Gasteiger partial charge in [0.05, 0.1) is 19.3 Å². The second-order valence-electron chi connectivity index (χ2n) is 6.94. The van der Waals surface area contributed by atoms with Crippen LogP contribution in [-0.4, -0.2) is 75.7 Å². The van der Waals surface area contributed by atoms with Crippen molar-refractivity contribution < 1.29 is 44.5 Å². The lowest BCUT2D eigenvalue weighted by atomic mass is 9.99. The summed E-state index contributed by atoms with van der Waals surface area (Å²) in [5.41, 5.74) is 0.841. The number of phenolic OH excluding ortho intramolecular Hbond substituents is 1. The molecule has 5 atom stereocenters. The van der Waals surface area contributed by atoms with Crippen LogP contribution in [-0.2, 0) is 11.2 Å². The first kappa shape index (κ1) is 22.0. The largest absolute Gasteiger partial charge is 0.507 e. The average Bonchev–Trinajstić information content (AvgIpc) is 2.74. The van der Waals surface area contributed by atoms with Gasteiger partial charge in [-0.2, -0.15) is 0 Å². The van der Waals surface area contributed by atoms with Crippen molar-refractivity contribution >= 4 is 5.78 Å². The van der Waals surface area contributed by atoms with Gasteiger partial charge in [0.15, 0.2) is 5.78 Å². The van der Waals surface area contributed by atoms with E-state index in [1.165, 1.54) is 18.2 Å². The molecule has 5 N–H and O–H groups in total. The second-order valence-corrected chi connectivity index (χ2v) is 6.94. The maximum Gasteiger partial charge on any atom is 0.229 e. The van der Waals surface area contributed by atoms with Crippen LogP contribution in [0.5, 0.6) is 17.2 Å². The molecule has 162 valence electrons. The Morgan fingerprint density at radius 1 is 1.00 bits per heavy atom. The van der Waals surface area contributed by atoms with E-state index >= 15 is 0 Å². The minimum atomic E-state index is -1.58. The molecule has 3 rings (SSSR count). The van der Waals surface area contributed by atoms with E-state index in [0.717, 1.165) is 5.56 Å². The Kier molecular flexibility index (Phi) is 6.91. The zero-order chi connectivity index (χ0) is 21.8. The summed E-state index contributed by atoms with van der Waals surface area (Å²) in [5, 5.41) is 49.1.